The van der Waals surface area contributed by atoms with Gasteiger partial charge in [0.15, 0.2) is 5.82 Å². The third kappa shape index (κ3) is 5.94. The number of nitrogens with one attached hydrogen (secondary N) is 1. The number of halogens is 2. The number of benzene rings is 1. The highest BCUT2D eigenvalue weighted by atomic mass is 19.3. The molecule has 1 saturated heterocycles. The topological polar surface area (TPSA) is 106 Å². The number of anilines is 3. The van der Waals surface area contributed by atoms with Crippen molar-refractivity contribution in [2.24, 2.45) is 0 Å². The van der Waals surface area contributed by atoms with Gasteiger partial charge in [0.05, 0.1) is 48.9 Å². The van der Waals surface area contributed by atoms with Crippen LogP contribution in [0.2, 0.25) is 0 Å². The standard InChI is InChI=1S/C25H29F2N9O2/c1-34(2)8-5-11-38-18-14-17(15-28-16-18)29-23-31-24(35-9-12-37-13-10-35)33-25(32-23)36-20-7-4-3-6-19(20)30-22(36)21(26)27/h3-4,6-7,14-16,21H,5,8-13H2,1-2H3,(H,29,31,32,33). The molecule has 1 fully saturated rings. The van der Waals surface area contributed by atoms with E-state index in [-0.39, 0.29) is 11.9 Å². The largest absolute Gasteiger partial charge is 0.492 e. The Morgan fingerprint density at radius 1 is 1.05 bits per heavy atom. The predicted octanol–water partition coefficient (Wildman–Crippen LogP) is 3.45. The van der Waals surface area contributed by atoms with E-state index in [1.807, 2.05) is 19.0 Å². The quantitative estimate of drug-likeness (QED) is 0.310. The zero-order valence-electron chi connectivity index (χ0n) is 21.2. The fraction of sp³-hybridized carbons (Fsp3) is 0.400. The van der Waals surface area contributed by atoms with Gasteiger partial charge in [0.2, 0.25) is 17.8 Å². The molecule has 0 atom stereocenters. The van der Waals surface area contributed by atoms with Crippen LogP contribution in [0.4, 0.5) is 26.4 Å². The molecule has 200 valence electrons. The molecule has 11 nitrogen and oxygen atoms in total. The molecule has 0 spiro atoms. The fourth-order valence-corrected chi connectivity index (χ4v) is 4.08. The number of hydrogen-bond acceptors (Lipinski definition) is 10. The van der Waals surface area contributed by atoms with Crippen LogP contribution in [0.3, 0.4) is 0 Å². The summed E-state index contributed by atoms with van der Waals surface area (Å²) in [7, 11) is 4.02. The first kappa shape index (κ1) is 25.7. The van der Waals surface area contributed by atoms with Crippen LogP contribution in [-0.2, 0) is 4.74 Å². The van der Waals surface area contributed by atoms with Gasteiger partial charge in [-0.05, 0) is 32.6 Å². The van der Waals surface area contributed by atoms with Gasteiger partial charge in [-0.1, -0.05) is 12.1 Å². The highest BCUT2D eigenvalue weighted by Gasteiger charge is 2.24. The minimum Gasteiger partial charge on any atom is -0.492 e. The second-order valence-corrected chi connectivity index (χ2v) is 8.99. The molecule has 38 heavy (non-hydrogen) atoms. The first-order chi connectivity index (χ1) is 18.5. The molecule has 4 aromatic rings. The van der Waals surface area contributed by atoms with Gasteiger partial charge in [0, 0.05) is 25.7 Å². The number of aromatic nitrogens is 6. The number of alkyl halides is 2. The van der Waals surface area contributed by atoms with Gasteiger partial charge in [0.1, 0.15) is 5.75 Å². The molecule has 0 saturated carbocycles. The minimum absolute atomic E-state index is 0.0389. The average molecular weight is 526 g/mol. The molecule has 0 radical (unpaired) electrons. The smallest absolute Gasteiger partial charge is 0.296 e. The lowest BCUT2D eigenvalue weighted by atomic mass is 10.3. The number of pyridine rings is 1. The van der Waals surface area contributed by atoms with Crippen LogP contribution in [0.15, 0.2) is 42.7 Å². The lowest BCUT2D eigenvalue weighted by Crippen LogP contribution is -2.37. The van der Waals surface area contributed by atoms with E-state index in [4.69, 9.17) is 9.47 Å². The zero-order chi connectivity index (χ0) is 26.5. The number of fused-ring (bicyclic) bond motifs is 1. The number of hydrogen-bond donors (Lipinski definition) is 1. The van der Waals surface area contributed by atoms with Gasteiger partial charge in [-0.15, -0.1) is 0 Å². The Bertz CT molecular complexity index is 1380. The lowest BCUT2D eigenvalue weighted by molar-refractivity contribution is 0.122. The van der Waals surface area contributed by atoms with Crippen molar-refractivity contribution >= 4 is 28.6 Å². The predicted molar refractivity (Wildman–Crippen MR) is 139 cm³/mol. The van der Waals surface area contributed by atoms with E-state index in [0.717, 1.165) is 13.0 Å². The maximum atomic E-state index is 14.0. The Labute approximate surface area is 218 Å². The van der Waals surface area contributed by atoms with Gasteiger partial charge < -0.3 is 24.6 Å². The summed E-state index contributed by atoms with van der Waals surface area (Å²) < 4.78 is 40.7. The maximum absolute atomic E-state index is 14.0. The second kappa shape index (κ2) is 11.6. The maximum Gasteiger partial charge on any atom is 0.296 e. The van der Waals surface area contributed by atoms with E-state index >= 15 is 0 Å². The number of imidazole rings is 1. The van der Waals surface area contributed by atoms with Gasteiger partial charge in [-0.25, -0.2) is 13.8 Å². The van der Waals surface area contributed by atoms with E-state index in [1.54, 1.807) is 42.7 Å². The summed E-state index contributed by atoms with van der Waals surface area (Å²) in [5.74, 6) is 0.726. The van der Waals surface area contributed by atoms with Crippen molar-refractivity contribution in [1.29, 1.82) is 0 Å². The van der Waals surface area contributed by atoms with Crippen molar-refractivity contribution in [2.75, 3.05) is 63.8 Å². The number of ether oxygens (including phenoxy) is 2. The highest BCUT2D eigenvalue weighted by Crippen LogP contribution is 2.28. The average Bonchev–Trinajstić information content (AvgIpc) is 3.32. The monoisotopic (exact) mass is 525 g/mol. The highest BCUT2D eigenvalue weighted by molar-refractivity contribution is 5.77. The van der Waals surface area contributed by atoms with Crippen LogP contribution >= 0.6 is 0 Å². The molecule has 1 aromatic carbocycles. The normalized spacial score (nSPS) is 14.0. The molecule has 1 aliphatic rings. The van der Waals surface area contributed by atoms with Crippen molar-refractivity contribution in [3.05, 3.63) is 48.5 Å². The van der Waals surface area contributed by atoms with Crippen LogP contribution in [-0.4, -0.2) is 87.9 Å². The van der Waals surface area contributed by atoms with E-state index in [0.29, 0.717) is 61.3 Å². The van der Waals surface area contributed by atoms with E-state index in [1.165, 1.54) is 4.57 Å². The summed E-state index contributed by atoms with van der Waals surface area (Å²) in [4.78, 5) is 26.1. The summed E-state index contributed by atoms with van der Waals surface area (Å²) >= 11 is 0. The third-order valence-corrected chi connectivity index (χ3v) is 5.88. The first-order valence-corrected chi connectivity index (χ1v) is 12.3. The molecule has 3 aromatic heterocycles. The fourth-order valence-electron chi connectivity index (χ4n) is 4.08. The van der Waals surface area contributed by atoms with Crippen LogP contribution in [0.1, 0.15) is 18.7 Å². The first-order valence-electron chi connectivity index (χ1n) is 12.3. The third-order valence-electron chi connectivity index (χ3n) is 5.88. The van der Waals surface area contributed by atoms with Gasteiger partial charge in [-0.2, -0.15) is 15.0 Å². The number of para-hydroxylation sites is 2. The molecule has 1 N–H and O–H groups in total. The number of rotatable bonds is 10. The van der Waals surface area contributed by atoms with Crippen LogP contribution in [0.5, 0.6) is 5.75 Å². The second-order valence-electron chi connectivity index (χ2n) is 8.99. The zero-order valence-corrected chi connectivity index (χ0v) is 21.2. The SMILES string of the molecule is CN(C)CCCOc1cncc(Nc2nc(N3CCOCC3)nc(-n3c(C(F)F)nc4ccccc43)n2)c1. The summed E-state index contributed by atoms with van der Waals surface area (Å²) in [6.07, 6.45) is 1.29. The molecular weight excluding hydrogens is 496 g/mol. The summed E-state index contributed by atoms with van der Waals surface area (Å²) in [6.45, 7) is 3.60. The molecule has 4 heterocycles. The molecule has 5 rings (SSSR count). The Morgan fingerprint density at radius 2 is 1.84 bits per heavy atom. The molecule has 0 aliphatic carbocycles. The van der Waals surface area contributed by atoms with Crippen molar-refractivity contribution in [3.63, 3.8) is 0 Å². The summed E-state index contributed by atoms with van der Waals surface area (Å²) in [5.41, 5.74) is 1.49. The van der Waals surface area contributed by atoms with Crippen molar-refractivity contribution in [2.45, 2.75) is 12.8 Å². The number of nitrogens with zero attached hydrogens (tertiary/aromatic N) is 8. The Balaban J connectivity index is 1.49. The molecular formula is C25H29F2N9O2. The van der Waals surface area contributed by atoms with E-state index in [9.17, 15) is 8.78 Å². The Morgan fingerprint density at radius 3 is 2.63 bits per heavy atom. The van der Waals surface area contributed by atoms with Gasteiger partial charge >= 0.3 is 0 Å². The van der Waals surface area contributed by atoms with Crippen LogP contribution in [0.25, 0.3) is 17.0 Å². The Hall–Kier alpha value is -3.97. The van der Waals surface area contributed by atoms with Crippen molar-refractivity contribution in [1.82, 2.24) is 34.4 Å². The van der Waals surface area contributed by atoms with Gasteiger partial charge in [0.25, 0.3) is 6.43 Å². The molecule has 0 amide bonds. The Kier molecular flexibility index (Phi) is 7.84. The summed E-state index contributed by atoms with van der Waals surface area (Å²) in [6, 6.07) is 8.68. The summed E-state index contributed by atoms with van der Waals surface area (Å²) in [5, 5.41) is 3.14. The minimum atomic E-state index is -2.83. The molecule has 0 bridgehead atoms. The van der Waals surface area contributed by atoms with Crippen molar-refractivity contribution in [3.8, 4) is 11.7 Å². The number of morpholine rings is 1. The van der Waals surface area contributed by atoms with E-state index < -0.39 is 12.2 Å². The lowest BCUT2D eigenvalue weighted by Gasteiger charge is -2.27. The molecule has 0 unspecified atom stereocenters. The van der Waals surface area contributed by atoms with Crippen molar-refractivity contribution < 1.29 is 18.3 Å². The molecule has 13 heteroatoms. The molecule has 1 aliphatic heterocycles. The van der Waals surface area contributed by atoms with Crippen LogP contribution in [0, 0.1) is 0 Å². The van der Waals surface area contributed by atoms with Crippen LogP contribution < -0.4 is 15.0 Å². The van der Waals surface area contributed by atoms with E-state index in [2.05, 4.69) is 35.1 Å². The van der Waals surface area contributed by atoms with Gasteiger partial charge in [-0.3, -0.25) is 9.55 Å².